The quantitative estimate of drug-likeness (QED) is 0.586. The predicted molar refractivity (Wildman–Crippen MR) is 108 cm³/mol. The van der Waals surface area contributed by atoms with E-state index in [1.54, 1.807) is 18.2 Å². The number of carbonyl (C=O) groups excluding carboxylic acids is 2. The Morgan fingerprint density at radius 2 is 2.00 bits per heavy atom. The van der Waals surface area contributed by atoms with Gasteiger partial charge in [-0.2, -0.15) is 0 Å². The molecule has 2 aliphatic rings. The minimum absolute atomic E-state index is 0.126. The molecule has 1 fully saturated rings. The van der Waals surface area contributed by atoms with Gasteiger partial charge in [-0.1, -0.05) is 0 Å². The lowest BCUT2D eigenvalue weighted by molar-refractivity contribution is -0.0893. The average Bonchev–Trinajstić information content (AvgIpc) is 3.28. The summed E-state index contributed by atoms with van der Waals surface area (Å²) in [6.45, 7) is 0.365. The van der Waals surface area contributed by atoms with Crippen molar-refractivity contribution in [2.75, 3.05) is 19.9 Å². The Hall–Kier alpha value is -3.24. The average molecular weight is 428 g/mol. The fraction of sp³-hybridized carbons (Fsp3) is 0.429. The first-order chi connectivity index (χ1) is 15.1. The van der Waals surface area contributed by atoms with Crippen LogP contribution >= 0.6 is 0 Å². The van der Waals surface area contributed by atoms with Gasteiger partial charge in [-0.25, -0.2) is 4.98 Å². The molecular weight excluding hydrogens is 404 g/mol. The summed E-state index contributed by atoms with van der Waals surface area (Å²) < 4.78 is 16.5. The van der Waals surface area contributed by atoms with Crippen LogP contribution in [-0.4, -0.2) is 65.1 Å². The molecule has 0 spiro atoms. The Kier molecular flexibility index (Phi) is 6.58. The molecule has 3 heterocycles. The first kappa shape index (κ1) is 21.0. The van der Waals surface area contributed by atoms with E-state index in [4.69, 9.17) is 14.2 Å². The van der Waals surface area contributed by atoms with Crippen LogP contribution in [0.2, 0.25) is 0 Å². The van der Waals surface area contributed by atoms with Crippen molar-refractivity contribution in [2.24, 2.45) is 0 Å². The molecule has 2 aromatic rings. The highest BCUT2D eigenvalue weighted by molar-refractivity contribution is 5.95. The van der Waals surface area contributed by atoms with E-state index in [1.807, 2.05) is 0 Å². The Bertz CT molecular complexity index is 925. The van der Waals surface area contributed by atoms with Crippen LogP contribution in [0.3, 0.4) is 0 Å². The lowest BCUT2D eigenvalue weighted by Gasteiger charge is -2.36. The second-order valence-electron chi connectivity index (χ2n) is 7.34. The van der Waals surface area contributed by atoms with Crippen molar-refractivity contribution in [3.05, 3.63) is 48.0 Å². The number of aliphatic hydroxyl groups excluding tert-OH is 1. The number of hydrogen-bond donors (Lipinski definition) is 3. The molecule has 1 saturated heterocycles. The molecule has 4 rings (SSSR count). The first-order valence-electron chi connectivity index (χ1n) is 10.1. The number of amides is 2. The van der Waals surface area contributed by atoms with Gasteiger partial charge < -0.3 is 30.0 Å². The molecule has 2 aliphatic heterocycles. The molecule has 2 amide bonds. The summed E-state index contributed by atoms with van der Waals surface area (Å²) in [5.74, 6) is 0.628. The van der Waals surface area contributed by atoms with Crippen LogP contribution < -0.4 is 20.1 Å². The van der Waals surface area contributed by atoms with Crippen molar-refractivity contribution in [1.82, 2.24) is 20.6 Å². The Labute approximate surface area is 178 Å². The maximum Gasteiger partial charge on any atom is 0.271 e. The molecule has 0 saturated carbocycles. The second-order valence-corrected chi connectivity index (χ2v) is 7.34. The van der Waals surface area contributed by atoms with Gasteiger partial charge in [0.25, 0.3) is 11.8 Å². The van der Waals surface area contributed by atoms with Crippen LogP contribution in [0.25, 0.3) is 0 Å². The van der Waals surface area contributed by atoms with Crippen molar-refractivity contribution in [3.8, 4) is 11.5 Å². The second kappa shape index (κ2) is 9.71. The third-order valence-electron chi connectivity index (χ3n) is 5.29. The predicted octanol–water partition coefficient (Wildman–Crippen LogP) is 0.664. The highest BCUT2D eigenvalue weighted by atomic mass is 16.7. The van der Waals surface area contributed by atoms with E-state index in [0.717, 1.165) is 0 Å². The van der Waals surface area contributed by atoms with Gasteiger partial charge in [-0.15, -0.1) is 0 Å². The SMILES string of the molecule is O=C(NCC[C@H]1CC[C@H](NC(=O)c2cnccn2)[C@H](CO)O1)c1ccc2c(c1)OCO2. The van der Waals surface area contributed by atoms with E-state index in [1.165, 1.54) is 18.6 Å². The lowest BCUT2D eigenvalue weighted by atomic mass is 9.97. The molecule has 0 radical (unpaired) electrons. The van der Waals surface area contributed by atoms with Gasteiger partial charge in [-0.3, -0.25) is 14.6 Å². The van der Waals surface area contributed by atoms with Gasteiger partial charge in [0.2, 0.25) is 6.79 Å². The van der Waals surface area contributed by atoms with Crippen molar-refractivity contribution < 1.29 is 28.9 Å². The summed E-state index contributed by atoms with van der Waals surface area (Å²) in [4.78, 5) is 32.5. The van der Waals surface area contributed by atoms with Crippen LogP contribution in [0.5, 0.6) is 11.5 Å². The standard InChI is InChI=1S/C21H24N4O6/c26-11-19-15(25-21(28)16-10-22-7-8-23-16)3-2-14(31-19)5-6-24-20(27)13-1-4-17-18(9-13)30-12-29-17/h1,4,7-10,14-15,19,26H,2-3,5-6,11-12H2,(H,24,27)(H,25,28)/t14-,15+,19+/m1/s1. The summed E-state index contributed by atoms with van der Waals surface area (Å²) in [6.07, 6.45) is 5.62. The molecule has 0 unspecified atom stereocenters. The van der Waals surface area contributed by atoms with Crippen molar-refractivity contribution in [3.63, 3.8) is 0 Å². The minimum atomic E-state index is -0.524. The maximum absolute atomic E-state index is 12.4. The fourth-order valence-electron chi connectivity index (χ4n) is 3.65. The number of aliphatic hydroxyl groups is 1. The van der Waals surface area contributed by atoms with E-state index in [0.29, 0.717) is 42.9 Å². The summed E-state index contributed by atoms with van der Waals surface area (Å²) in [7, 11) is 0. The van der Waals surface area contributed by atoms with Gasteiger partial charge in [0, 0.05) is 24.5 Å². The molecule has 31 heavy (non-hydrogen) atoms. The number of benzene rings is 1. The Morgan fingerprint density at radius 3 is 2.81 bits per heavy atom. The lowest BCUT2D eigenvalue weighted by Crippen LogP contribution is -2.51. The number of carbonyl (C=O) groups is 2. The normalized spacial score (nSPS) is 22.0. The minimum Gasteiger partial charge on any atom is -0.454 e. The van der Waals surface area contributed by atoms with Gasteiger partial charge in [-0.05, 0) is 37.5 Å². The molecule has 10 nitrogen and oxygen atoms in total. The van der Waals surface area contributed by atoms with Crippen LogP contribution in [0.15, 0.2) is 36.8 Å². The first-order valence-corrected chi connectivity index (χ1v) is 10.1. The van der Waals surface area contributed by atoms with Crippen molar-refractivity contribution in [2.45, 2.75) is 37.5 Å². The highest BCUT2D eigenvalue weighted by Gasteiger charge is 2.32. The highest BCUT2D eigenvalue weighted by Crippen LogP contribution is 2.32. The van der Waals surface area contributed by atoms with Crippen molar-refractivity contribution >= 4 is 11.8 Å². The molecule has 3 atom stereocenters. The van der Waals surface area contributed by atoms with E-state index in [2.05, 4.69) is 20.6 Å². The molecule has 10 heteroatoms. The summed E-state index contributed by atoms with van der Waals surface area (Å²) >= 11 is 0. The molecule has 3 N–H and O–H groups in total. The molecule has 1 aromatic heterocycles. The third-order valence-corrected chi connectivity index (χ3v) is 5.29. The zero-order valence-corrected chi connectivity index (χ0v) is 16.8. The topological polar surface area (TPSA) is 132 Å². The van der Waals surface area contributed by atoms with Crippen LogP contribution in [-0.2, 0) is 4.74 Å². The Morgan fingerprint density at radius 1 is 1.13 bits per heavy atom. The number of nitrogens with one attached hydrogen (secondary N) is 2. The van der Waals surface area contributed by atoms with Gasteiger partial charge in [0.05, 0.1) is 24.9 Å². The third kappa shape index (κ3) is 5.09. The van der Waals surface area contributed by atoms with E-state index in [9.17, 15) is 14.7 Å². The molecular formula is C21H24N4O6. The number of fused-ring (bicyclic) bond motifs is 1. The summed E-state index contributed by atoms with van der Waals surface area (Å²) in [5.41, 5.74) is 0.710. The van der Waals surface area contributed by atoms with Crippen molar-refractivity contribution in [1.29, 1.82) is 0 Å². The number of ether oxygens (including phenoxy) is 3. The molecule has 0 aliphatic carbocycles. The molecule has 0 bridgehead atoms. The number of nitrogens with zero attached hydrogens (tertiary/aromatic N) is 2. The zero-order valence-electron chi connectivity index (χ0n) is 16.8. The smallest absolute Gasteiger partial charge is 0.271 e. The summed E-state index contributed by atoms with van der Waals surface area (Å²) in [6, 6.07) is 4.73. The number of rotatable bonds is 7. The monoisotopic (exact) mass is 428 g/mol. The summed E-state index contributed by atoms with van der Waals surface area (Å²) in [5, 5.41) is 15.4. The van der Waals surface area contributed by atoms with E-state index in [-0.39, 0.29) is 43.1 Å². The van der Waals surface area contributed by atoms with Crippen LogP contribution in [0.4, 0.5) is 0 Å². The number of hydrogen-bond acceptors (Lipinski definition) is 8. The molecule has 1 aromatic carbocycles. The zero-order chi connectivity index (χ0) is 21.6. The van der Waals surface area contributed by atoms with E-state index < -0.39 is 6.10 Å². The maximum atomic E-state index is 12.4. The van der Waals surface area contributed by atoms with Crippen LogP contribution in [0.1, 0.15) is 40.1 Å². The number of aromatic nitrogens is 2. The van der Waals surface area contributed by atoms with E-state index >= 15 is 0 Å². The Balaban J connectivity index is 1.23. The van der Waals surface area contributed by atoms with Gasteiger partial charge in [0.1, 0.15) is 11.8 Å². The van der Waals surface area contributed by atoms with Gasteiger partial charge >= 0.3 is 0 Å². The largest absolute Gasteiger partial charge is 0.454 e. The van der Waals surface area contributed by atoms with Crippen LogP contribution in [0, 0.1) is 0 Å². The molecule has 164 valence electrons. The van der Waals surface area contributed by atoms with Gasteiger partial charge in [0.15, 0.2) is 11.5 Å². The fourth-order valence-corrected chi connectivity index (χ4v) is 3.65.